The molecule has 3 N–H and O–H groups in total. The van der Waals surface area contributed by atoms with E-state index < -0.39 is 5.60 Å². The number of rotatable bonds is 7. The van der Waals surface area contributed by atoms with Crippen LogP contribution in [0.2, 0.25) is 0 Å². The molecule has 2 aliphatic carbocycles. The third kappa shape index (κ3) is 5.49. The number of carbonyl (C=O) groups is 2. The normalized spacial score (nSPS) is 21.2. The summed E-state index contributed by atoms with van der Waals surface area (Å²) in [4.78, 5) is 23.2. The fourth-order valence-corrected chi connectivity index (χ4v) is 2.75. The average molecular weight is 282 g/mol. The van der Waals surface area contributed by atoms with E-state index in [0.29, 0.717) is 25.4 Å². The summed E-state index contributed by atoms with van der Waals surface area (Å²) < 4.78 is 0. The van der Waals surface area contributed by atoms with E-state index in [2.05, 4.69) is 10.6 Å². The first kappa shape index (κ1) is 15.3. The maximum absolute atomic E-state index is 11.8. The van der Waals surface area contributed by atoms with Gasteiger partial charge >= 0.3 is 0 Å². The summed E-state index contributed by atoms with van der Waals surface area (Å²) in [5.74, 6) is -0.0235. The van der Waals surface area contributed by atoms with Crippen molar-refractivity contribution in [3.8, 4) is 0 Å². The topological polar surface area (TPSA) is 78.4 Å². The first-order valence-corrected chi connectivity index (χ1v) is 7.86. The minimum absolute atomic E-state index is 0.0765. The van der Waals surface area contributed by atoms with E-state index in [-0.39, 0.29) is 18.2 Å². The highest BCUT2D eigenvalue weighted by Crippen LogP contribution is 2.30. The Labute approximate surface area is 120 Å². The second kappa shape index (κ2) is 7.07. The highest BCUT2D eigenvalue weighted by atomic mass is 16.3. The second-order valence-electron chi connectivity index (χ2n) is 6.26. The highest BCUT2D eigenvalue weighted by molar-refractivity contribution is 5.78. The summed E-state index contributed by atoms with van der Waals surface area (Å²) in [5.41, 5.74) is -0.800. The number of hydrogen-bond donors (Lipinski definition) is 3. The van der Waals surface area contributed by atoms with Gasteiger partial charge in [0.15, 0.2) is 0 Å². The van der Waals surface area contributed by atoms with Crippen LogP contribution in [-0.4, -0.2) is 35.1 Å². The molecule has 0 aromatic heterocycles. The summed E-state index contributed by atoms with van der Waals surface area (Å²) in [5, 5.41) is 16.0. The van der Waals surface area contributed by atoms with Gasteiger partial charge in [-0.15, -0.1) is 0 Å². The maximum Gasteiger partial charge on any atom is 0.222 e. The molecular formula is C15H26N2O3. The van der Waals surface area contributed by atoms with E-state index in [1.54, 1.807) is 0 Å². The van der Waals surface area contributed by atoms with Gasteiger partial charge in [-0.3, -0.25) is 9.59 Å². The molecule has 0 spiro atoms. The summed E-state index contributed by atoms with van der Waals surface area (Å²) in [6.07, 6.45) is 8.12. The largest absolute Gasteiger partial charge is 0.389 e. The van der Waals surface area contributed by atoms with E-state index in [1.165, 1.54) is 0 Å². The van der Waals surface area contributed by atoms with Crippen LogP contribution < -0.4 is 10.6 Å². The van der Waals surface area contributed by atoms with E-state index in [1.807, 2.05) is 0 Å². The van der Waals surface area contributed by atoms with Gasteiger partial charge in [-0.2, -0.15) is 0 Å². The first-order valence-electron chi connectivity index (χ1n) is 7.86. The van der Waals surface area contributed by atoms with Gasteiger partial charge in [0.25, 0.3) is 0 Å². The van der Waals surface area contributed by atoms with Crippen LogP contribution in [0.25, 0.3) is 0 Å². The van der Waals surface area contributed by atoms with Crippen LogP contribution in [0.15, 0.2) is 0 Å². The molecule has 5 nitrogen and oxygen atoms in total. The molecule has 0 radical (unpaired) electrons. The number of carbonyl (C=O) groups excluding carboxylic acids is 2. The van der Waals surface area contributed by atoms with Crippen molar-refractivity contribution in [1.29, 1.82) is 0 Å². The molecule has 5 heteroatoms. The summed E-state index contributed by atoms with van der Waals surface area (Å²) in [6.45, 7) is 0.507. The third-order valence-corrected chi connectivity index (χ3v) is 4.12. The standard InChI is InChI=1S/C15H26N2O3/c18-13(17-12-6-7-12)5-4-10-16-14(19)11-15(20)8-2-1-3-9-15/h12,20H,1-11H2,(H,16,19)(H,17,18). The van der Waals surface area contributed by atoms with Crippen molar-refractivity contribution >= 4 is 11.8 Å². The Morgan fingerprint density at radius 3 is 2.45 bits per heavy atom. The molecule has 114 valence electrons. The van der Waals surface area contributed by atoms with Crippen molar-refractivity contribution < 1.29 is 14.7 Å². The molecule has 0 atom stereocenters. The molecule has 0 saturated heterocycles. The van der Waals surface area contributed by atoms with Crippen molar-refractivity contribution in [2.45, 2.75) is 75.9 Å². The molecule has 0 bridgehead atoms. The van der Waals surface area contributed by atoms with Crippen LogP contribution in [0.5, 0.6) is 0 Å². The van der Waals surface area contributed by atoms with E-state index in [4.69, 9.17) is 0 Å². The summed E-state index contributed by atoms with van der Waals surface area (Å²) >= 11 is 0. The quantitative estimate of drug-likeness (QED) is 0.615. The molecule has 0 aromatic rings. The fraction of sp³-hybridized carbons (Fsp3) is 0.867. The SMILES string of the molecule is O=C(CC1(O)CCCCC1)NCCCC(=O)NC1CC1. The molecule has 2 fully saturated rings. The van der Waals surface area contributed by atoms with Crippen LogP contribution >= 0.6 is 0 Å². The minimum Gasteiger partial charge on any atom is -0.389 e. The van der Waals surface area contributed by atoms with Gasteiger partial charge in [0.05, 0.1) is 12.0 Å². The Kier molecular flexibility index (Phi) is 5.40. The van der Waals surface area contributed by atoms with Gasteiger partial charge in [0, 0.05) is 19.0 Å². The van der Waals surface area contributed by atoms with E-state index in [9.17, 15) is 14.7 Å². The predicted octanol–water partition coefficient (Wildman–Crippen LogP) is 1.25. The zero-order valence-corrected chi connectivity index (χ0v) is 12.1. The van der Waals surface area contributed by atoms with Gasteiger partial charge in [-0.05, 0) is 32.1 Å². The maximum atomic E-state index is 11.8. The van der Waals surface area contributed by atoms with Gasteiger partial charge in [0.1, 0.15) is 0 Å². The molecule has 0 unspecified atom stereocenters. The van der Waals surface area contributed by atoms with E-state index in [0.717, 1.165) is 44.9 Å². The molecule has 2 saturated carbocycles. The lowest BCUT2D eigenvalue weighted by Gasteiger charge is -2.31. The second-order valence-corrected chi connectivity index (χ2v) is 6.26. The summed E-state index contributed by atoms with van der Waals surface area (Å²) in [6, 6.07) is 0.401. The van der Waals surface area contributed by atoms with Crippen molar-refractivity contribution in [2.24, 2.45) is 0 Å². The minimum atomic E-state index is -0.800. The van der Waals surface area contributed by atoms with E-state index >= 15 is 0 Å². The lowest BCUT2D eigenvalue weighted by Crippen LogP contribution is -2.38. The first-order chi connectivity index (χ1) is 9.57. The molecule has 0 aromatic carbocycles. The van der Waals surface area contributed by atoms with Gasteiger partial charge < -0.3 is 15.7 Å². The van der Waals surface area contributed by atoms with Crippen molar-refractivity contribution in [1.82, 2.24) is 10.6 Å². The Hall–Kier alpha value is -1.10. The highest BCUT2D eigenvalue weighted by Gasteiger charge is 2.31. The molecule has 2 aliphatic rings. The van der Waals surface area contributed by atoms with Crippen LogP contribution in [0, 0.1) is 0 Å². The lowest BCUT2D eigenvalue weighted by molar-refractivity contribution is -0.128. The predicted molar refractivity (Wildman–Crippen MR) is 76.1 cm³/mol. The number of nitrogens with one attached hydrogen (secondary N) is 2. The van der Waals surface area contributed by atoms with Crippen LogP contribution in [0.4, 0.5) is 0 Å². The third-order valence-electron chi connectivity index (χ3n) is 4.12. The molecular weight excluding hydrogens is 256 g/mol. The fourth-order valence-electron chi connectivity index (χ4n) is 2.75. The van der Waals surface area contributed by atoms with Gasteiger partial charge in [-0.25, -0.2) is 0 Å². The Balaban J connectivity index is 1.54. The molecule has 0 aliphatic heterocycles. The van der Waals surface area contributed by atoms with Crippen LogP contribution in [0.3, 0.4) is 0 Å². The number of hydrogen-bond acceptors (Lipinski definition) is 3. The Bertz CT molecular complexity index is 347. The number of amides is 2. The van der Waals surface area contributed by atoms with Gasteiger partial charge in [0.2, 0.25) is 11.8 Å². The number of aliphatic hydroxyl groups is 1. The Morgan fingerprint density at radius 2 is 1.80 bits per heavy atom. The molecule has 0 heterocycles. The van der Waals surface area contributed by atoms with Crippen molar-refractivity contribution in [3.05, 3.63) is 0 Å². The zero-order valence-electron chi connectivity index (χ0n) is 12.1. The van der Waals surface area contributed by atoms with Crippen molar-refractivity contribution in [3.63, 3.8) is 0 Å². The smallest absolute Gasteiger partial charge is 0.222 e. The zero-order chi connectivity index (χ0) is 14.4. The molecule has 2 amide bonds. The lowest BCUT2D eigenvalue weighted by atomic mass is 9.82. The van der Waals surface area contributed by atoms with Gasteiger partial charge in [-0.1, -0.05) is 19.3 Å². The Morgan fingerprint density at radius 1 is 1.10 bits per heavy atom. The summed E-state index contributed by atoms with van der Waals surface area (Å²) in [7, 11) is 0. The monoisotopic (exact) mass is 282 g/mol. The van der Waals surface area contributed by atoms with Crippen LogP contribution in [-0.2, 0) is 9.59 Å². The van der Waals surface area contributed by atoms with Crippen molar-refractivity contribution in [2.75, 3.05) is 6.54 Å². The average Bonchev–Trinajstić information content (AvgIpc) is 3.19. The van der Waals surface area contributed by atoms with Crippen LogP contribution in [0.1, 0.15) is 64.2 Å². The molecule has 20 heavy (non-hydrogen) atoms. The molecule has 2 rings (SSSR count).